The van der Waals surface area contributed by atoms with Crippen molar-refractivity contribution in [2.24, 2.45) is 0 Å². The number of H-pyrrole nitrogens is 1. The minimum atomic E-state index is -0.250. The Labute approximate surface area is 175 Å². The molecular weight excluding hydrogens is 382 g/mol. The van der Waals surface area contributed by atoms with E-state index in [1.54, 1.807) is 12.3 Å². The van der Waals surface area contributed by atoms with E-state index in [1.165, 1.54) is 0 Å². The predicted octanol–water partition coefficient (Wildman–Crippen LogP) is 2.52. The number of nitrogens with zero attached hydrogens (tertiary/aromatic N) is 4. The highest BCUT2D eigenvalue weighted by molar-refractivity contribution is 5.54. The molecule has 8 heteroatoms. The molecule has 2 aliphatic rings. The summed E-state index contributed by atoms with van der Waals surface area (Å²) >= 11 is 0. The molecule has 2 aromatic heterocycles. The SMILES string of the molecule is CC(C)(C)c1nc2c(c(=O)[nH]1)CCC21CCN(c2ncccc2C#N)CC1.O=CO. The molecule has 0 saturated carbocycles. The first-order chi connectivity index (χ1) is 14.3. The van der Waals surface area contributed by atoms with E-state index in [0.29, 0.717) is 5.56 Å². The molecule has 0 amide bonds. The van der Waals surface area contributed by atoms with Crippen LogP contribution in [0, 0.1) is 11.3 Å². The van der Waals surface area contributed by atoms with Gasteiger partial charge in [-0.15, -0.1) is 0 Å². The third-order valence-electron chi connectivity index (χ3n) is 6.01. The number of carboxylic acid groups (broad SMARTS) is 1. The summed E-state index contributed by atoms with van der Waals surface area (Å²) < 4.78 is 0. The summed E-state index contributed by atoms with van der Waals surface area (Å²) in [7, 11) is 0. The molecule has 1 aliphatic heterocycles. The van der Waals surface area contributed by atoms with E-state index in [0.717, 1.165) is 61.7 Å². The molecule has 1 spiro atoms. The molecule has 0 bridgehead atoms. The lowest BCUT2D eigenvalue weighted by atomic mass is 9.76. The van der Waals surface area contributed by atoms with E-state index in [2.05, 4.69) is 41.7 Å². The largest absolute Gasteiger partial charge is 0.483 e. The number of fused-ring (bicyclic) bond motifs is 2. The van der Waals surface area contributed by atoms with E-state index in [-0.39, 0.29) is 22.9 Å². The molecule has 1 aliphatic carbocycles. The molecule has 1 fully saturated rings. The van der Waals surface area contributed by atoms with E-state index < -0.39 is 0 Å². The second-order valence-corrected chi connectivity index (χ2v) is 8.85. The fourth-order valence-electron chi connectivity index (χ4n) is 4.38. The topological polar surface area (TPSA) is 123 Å². The maximum atomic E-state index is 12.6. The molecule has 1 saturated heterocycles. The number of rotatable bonds is 1. The van der Waals surface area contributed by atoms with Crippen LogP contribution in [0.3, 0.4) is 0 Å². The second-order valence-electron chi connectivity index (χ2n) is 8.85. The summed E-state index contributed by atoms with van der Waals surface area (Å²) in [6.07, 6.45) is 5.38. The molecule has 0 aromatic carbocycles. The highest BCUT2D eigenvalue weighted by Gasteiger charge is 2.44. The zero-order valence-electron chi connectivity index (χ0n) is 17.6. The van der Waals surface area contributed by atoms with Gasteiger partial charge in [0.05, 0.1) is 11.3 Å². The number of aromatic nitrogens is 3. The normalized spacial score (nSPS) is 16.9. The number of piperidine rings is 1. The van der Waals surface area contributed by atoms with Crippen LogP contribution in [0.15, 0.2) is 23.1 Å². The maximum absolute atomic E-state index is 12.6. The molecular formula is C22H27N5O3. The zero-order chi connectivity index (χ0) is 21.9. The molecule has 2 aromatic rings. The maximum Gasteiger partial charge on any atom is 0.290 e. The lowest BCUT2D eigenvalue weighted by Gasteiger charge is -2.40. The van der Waals surface area contributed by atoms with Crippen LogP contribution < -0.4 is 10.5 Å². The van der Waals surface area contributed by atoms with Gasteiger partial charge in [0.15, 0.2) is 0 Å². The Morgan fingerprint density at radius 2 is 1.97 bits per heavy atom. The van der Waals surface area contributed by atoms with Crippen LogP contribution in [0.25, 0.3) is 0 Å². The van der Waals surface area contributed by atoms with Crippen LogP contribution in [0.4, 0.5) is 5.82 Å². The number of anilines is 1. The summed E-state index contributed by atoms with van der Waals surface area (Å²) in [4.78, 5) is 35.6. The minimum absolute atomic E-state index is 0.0261. The number of nitriles is 1. The number of carbonyl (C=O) groups is 1. The van der Waals surface area contributed by atoms with Gasteiger partial charge in [0.25, 0.3) is 12.0 Å². The third-order valence-corrected chi connectivity index (χ3v) is 6.01. The standard InChI is InChI=1S/C21H25N5O.CH2O2/c1-20(2,3)19-24-16-15(18(27)25-19)6-7-21(16)8-11-26(12-9-21)17-14(13-22)5-4-10-23-17;2-1-3/h4-5,10H,6-9,11-12H2,1-3H3,(H,24,25,27);1H,(H,2,3). The highest BCUT2D eigenvalue weighted by Crippen LogP contribution is 2.45. The quantitative estimate of drug-likeness (QED) is 0.694. The summed E-state index contributed by atoms with van der Waals surface area (Å²) in [6.45, 7) is 7.63. The van der Waals surface area contributed by atoms with Crippen molar-refractivity contribution in [3.63, 3.8) is 0 Å². The molecule has 8 nitrogen and oxygen atoms in total. The lowest BCUT2D eigenvalue weighted by molar-refractivity contribution is -0.122. The minimum Gasteiger partial charge on any atom is -0.483 e. The molecule has 158 valence electrons. The van der Waals surface area contributed by atoms with Crippen LogP contribution in [-0.4, -0.2) is 39.6 Å². The number of aromatic amines is 1. The molecule has 4 rings (SSSR count). The van der Waals surface area contributed by atoms with Gasteiger partial charge in [0.1, 0.15) is 17.7 Å². The molecule has 2 N–H and O–H groups in total. The van der Waals surface area contributed by atoms with Crippen molar-refractivity contribution in [2.45, 2.75) is 57.3 Å². The Morgan fingerprint density at radius 3 is 2.57 bits per heavy atom. The van der Waals surface area contributed by atoms with E-state index in [4.69, 9.17) is 14.9 Å². The van der Waals surface area contributed by atoms with E-state index in [1.807, 2.05) is 6.07 Å². The van der Waals surface area contributed by atoms with Crippen molar-refractivity contribution in [3.05, 3.63) is 51.3 Å². The Morgan fingerprint density at radius 1 is 1.30 bits per heavy atom. The lowest BCUT2D eigenvalue weighted by Crippen LogP contribution is -2.43. The van der Waals surface area contributed by atoms with E-state index >= 15 is 0 Å². The fraction of sp³-hybridized carbons (Fsp3) is 0.500. The van der Waals surface area contributed by atoms with Gasteiger partial charge in [-0.2, -0.15) is 5.26 Å². The number of hydrogen-bond donors (Lipinski definition) is 2. The van der Waals surface area contributed by atoms with Crippen LogP contribution in [-0.2, 0) is 22.0 Å². The monoisotopic (exact) mass is 409 g/mol. The molecule has 0 radical (unpaired) electrons. The van der Waals surface area contributed by atoms with Crippen molar-refractivity contribution in [2.75, 3.05) is 18.0 Å². The number of pyridine rings is 1. The van der Waals surface area contributed by atoms with Gasteiger partial charge in [-0.05, 0) is 37.8 Å². The van der Waals surface area contributed by atoms with Crippen molar-refractivity contribution < 1.29 is 9.90 Å². The number of hydrogen-bond acceptors (Lipinski definition) is 6. The molecule has 0 unspecified atom stereocenters. The fourth-order valence-corrected chi connectivity index (χ4v) is 4.38. The Hall–Kier alpha value is -3.21. The van der Waals surface area contributed by atoms with Gasteiger partial charge in [-0.1, -0.05) is 20.8 Å². The number of nitrogens with one attached hydrogen (secondary N) is 1. The molecule has 3 heterocycles. The smallest absolute Gasteiger partial charge is 0.290 e. The molecule has 30 heavy (non-hydrogen) atoms. The van der Waals surface area contributed by atoms with Gasteiger partial charge in [0, 0.05) is 35.7 Å². The Bertz CT molecular complexity index is 1020. The van der Waals surface area contributed by atoms with Crippen molar-refractivity contribution in [3.8, 4) is 6.07 Å². The van der Waals surface area contributed by atoms with Crippen molar-refractivity contribution >= 4 is 12.3 Å². The van der Waals surface area contributed by atoms with Gasteiger partial charge < -0.3 is 15.0 Å². The predicted molar refractivity (Wildman–Crippen MR) is 113 cm³/mol. The summed E-state index contributed by atoms with van der Waals surface area (Å²) in [5, 5.41) is 16.2. The zero-order valence-corrected chi connectivity index (χ0v) is 17.6. The summed E-state index contributed by atoms with van der Waals surface area (Å²) in [5.41, 5.74) is 2.31. The second kappa shape index (κ2) is 8.27. The first-order valence-electron chi connectivity index (χ1n) is 10.1. The average molecular weight is 409 g/mol. The van der Waals surface area contributed by atoms with Crippen molar-refractivity contribution in [1.82, 2.24) is 15.0 Å². The summed E-state index contributed by atoms with van der Waals surface area (Å²) in [5.74, 6) is 1.54. The van der Waals surface area contributed by atoms with Crippen LogP contribution in [0.2, 0.25) is 0 Å². The Balaban J connectivity index is 0.000000806. The Kier molecular flexibility index (Phi) is 5.92. The first-order valence-corrected chi connectivity index (χ1v) is 10.1. The average Bonchev–Trinajstić information content (AvgIpc) is 3.07. The van der Waals surface area contributed by atoms with Gasteiger partial charge in [0.2, 0.25) is 0 Å². The van der Waals surface area contributed by atoms with Crippen molar-refractivity contribution in [1.29, 1.82) is 5.26 Å². The van der Waals surface area contributed by atoms with Crippen LogP contribution in [0.5, 0.6) is 0 Å². The third kappa shape index (κ3) is 3.92. The van der Waals surface area contributed by atoms with Gasteiger partial charge in [-0.25, -0.2) is 9.97 Å². The van der Waals surface area contributed by atoms with Crippen LogP contribution in [0.1, 0.15) is 62.7 Å². The summed E-state index contributed by atoms with van der Waals surface area (Å²) in [6, 6.07) is 5.85. The molecule has 0 atom stereocenters. The first kappa shape index (κ1) is 21.5. The van der Waals surface area contributed by atoms with Gasteiger partial charge in [-0.3, -0.25) is 9.59 Å². The van der Waals surface area contributed by atoms with E-state index in [9.17, 15) is 10.1 Å². The van der Waals surface area contributed by atoms with Crippen LogP contribution >= 0.6 is 0 Å². The highest BCUT2D eigenvalue weighted by atomic mass is 16.3. The van der Waals surface area contributed by atoms with Gasteiger partial charge >= 0.3 is 0 Å².